The van der Waals surface area contributed by atoms with Crippen molar-refractivity contribution in [1.29, 1.82) is 5.26 Å². The molecule has 1 aliphatic rings. The second-order valence-electron chi connectivity index (χ2n) is 6.51. The molecule has 0 bridgehead atoms. The van der Waals surface area contributed by atoms with Gasteiger partial charge in [0.25, 0.3) is 5.88 Å². The lowest BCUT2D eigenvalue weighted by molar-refractivity contribution is -0.137. The van der Waals surface area contributed by atoms with Crippen molar-refractivity contribution in [2.75, 3.05) is 13.1 Å². The van der Waals surface area contributed by atoms with Crippen molar-refractivity contribution in [1.82, 2.24) is 14.3 Å². The summed E-state index contributed by atoms with van der Waals surface area (Å²) >= 11 is 0. The number of rotatable bonds is 5. The first-order chi connectivity index (χ1) is 13.7. The van der Waals surface area contributed by atoms with Gasteiger partial charge in [-0.1, -0.05) is 12.1 Å². The molecule has 11 heteroatoms. The third kappa shape index (κ3) is 5.21. The molecular weight excluding hydrogens is 409 g/mol. The zero-order chi connectivity index (χ0) is 21.1. The lowest BCUT2D eigenvalue weighted by Gasteiger charge is -2.31. The molecule has 1 atom stereocenters. The van der Waals surface area contributed by atoms with E-state index in [4.69, 9.17) is 10.00 Å². The van der Waals surface area contributed by atoms with Crippen molar-refractivity contribution in [2.24, 2.45) is 0 Å². The number of piperidine rings is 1. The van der Waals surface area contributed by atoms with E-state index in [1.54, 1.807) is 0 Å². The van der Waals surface area contributed by atoms with Gasteiger partial charge in [-0.3, -0.25) is 0 Å². The van der Waals surface area contributed by atoms with Crippen LogP contribution in [-0.4, -0.2) is 41.9 Å². The van der Waals surface area contributed by atoms with Gasteiger partial charge < -0.3 is 4.74 Å². The van der Waals surface area contributed by atoms with Gasteiger partial charge in [-0.25, -0.2) is 18.4 Å². The predicted molar refractivity (Wildman–Crippen MR) is 96.0 cm³/mol. The van der Waals surface area contributed by atoms with E-state index in [1.807, 2.05) is 6.07 Å². The molecule has 7 nitrogen and oxygen atoms in total. The Kier molecular flexibility index (Phi) is 6.04. The molecule has 1 fully saturated rings. The summed E-state index contributed by atoms with van der Waals surface area (Å²) in [6.45, 7) is 0.346. The van der Waals surface area contributed by atoms with E-state index in [9.17, 15) is 21.6 Å². The number of sulfonamides is 1. The Morgan fingerprint density at radius 2 is 1.90 bits per heavy atom. The summed E-state index contributed by atoms with van der Waals surface area (Å²) in [4.78, 5) is 7.81. The molecule has 2 aromatic rings. The van der Waals surface area contributed by atoms with Crippen molar-refractivity contribution >= 4 is 10.0 Å². The second kappa shape index (κ2) is 8.34. The molecule has 2 heterocycles. The summed E-state index contributed by atoms with van der Waals surface area (Å²) in [5.41, 5.74) is -0.554. The molecule has 0 spiro atoms. The fourth-order valence-electron chi connectivity index (χ4n) is 2.99. The molecule has 1 aromatic carbocycles. The van der Waals surface area contributed by atoms with Gasteiger partial charge in [0.1, 0.15) is 12.2 Å². The Bertz CT molecular complexity index is 1000. The van der Waals surface area contributed by atoms with Gasteiger partial charge in [0.15, 0.2) is 0 Å². The number of ether oxygens (including phenoxy) is 1. The number of benzene rings is 1. The lowest BCUT2D eigenvalue weighted by atomic mass is 10.1. The van der Waals surface area contributed by atoms with Crippen LogP contribution in [0.25, 0.3) is 0 Å². The third-order valence-electron chi connectivity index (χ3n) is 4.41. The van der Waals surface area contributed by atoms with E-state index in [0.29, 0.717) is 12.8 Å². The van der Waals surface area contributed by atoms with Crippen LogP contribution in [0.15, 0.2) is 36.7 Å². The molecule has 154 valence electrons. The largest absolute Gasteiger partial charge is 0.471 e. The van der Waals surface area contributed by atoms with E-state index < -0.39 is 33.6 Å². The zero-order valence-electron chi connectivity index (χ0n) is 15.1. The van der Waals surface area contributed by atoms with Gasteiger partial charge in [-0.2, -0.15) is 22.7 Å². The maximum absolute atomic E-state index is 12.7. The standard InChI is InChI=1S/C18H17F3N4O3S/c19-18(20,21)14-5-3-13(4-6-14)12-29(26,27)25-9-1-2-15(11-25)28-17-16(10-22)23-7-8-24-17/h3-8,15H,1-2,9,11-12H2. The van der Waals surface area contributed by atoms with Crippen LogP contribution < -0.4 is 4.74 Å². The van der Waals surface area contributed by atoms with Gasteiger partial charge in [0.2, 0.25) is 15.7 Å². The quantitative estimate of drug-likeness (QED) is 0.730. The lowest BCUT2D eigenvalue weighted by Crippen LogP contribution is -2.44. The van der Waals surface area contributed by atoms with E-state index >= 15 is 0 Å². The van der Waals surface area contributed by atoms with E-state index in [1.165, 1.54) is 16.7 Å². The Labute approximate surface area is 165 Å². The Morgan fingerprint density at radius 3 is 2.55 bits per heavy atom. The predicted octanol–water partition coefficient (Wildman–Crippen LogP) is 2.74. The number of hydrogen-bond donors (Lipinski definition) is 0. The van der Waals surface area contributed by atoms with Crippen LogP contribution in [0.4, 0.5) is 13.2 Å². The average molecular weight is 426 g/mol. The molecule has 3 rings (SSSR count). The Morgan fingerprint density at radius 1 is 1.21 bits per heavy atom. The number of alkyl halides is 3. The van der Waals surface area contributed by atoms with E-state index in [0.717, 1.165) is 24.3 Å². The van der Waals surface area contributed by atoms with Crippen molar-refractivity contribution in [3.8, 4) is 11.9 Å². The fourth-order valence-corrected chi connectivity index (χ4v) is 4.59. The van der Waals surface area contributed by atoms with Gasteiger partial charge in [-0.05, 0) is 30.5 Å². The van der Waals surface area contributed by atoms with Gasteiger partial charge in [-0.15, -0.1) is 0 Å². The van der Waals surface area contributed by atoms with Gasteiger partial charge in [0.05, 0.1) is 17.9 Å². The number of halogens is 3. The van der Waals surface area contributed by atoms with Crippen LogP contribution in [0.2, 0.25) is 0 Å². The van der Waals surface area contributed by atoms with Gasteiger partial charge >= 0.3 is 6.18 Å². The first-order valence-corrected chi connectivity index (χ1v) is 10.3. The van der Waals surface area contributed by atoms with Crippen LogP contribution >= 0.6 is 0 Å². The Balaban J connectivity index is 1.68. The Hall–Kier alpha value is -2.71. The molecule has 0 aliphatic carbocycles. The molecule has 0 N–H and O–H groups in total. The highest BCUT2D eigenvalue weighted by atomic mass is 32.2. The van der Waals surface area contributed by atoms with Crippen molar-refractivity contribution in [3.05, 3.63) is 53.5 Å². The smallest absolute Gasteiger partial charge is 0.416 e. The molecule has 0 saturated carbocycles. The average Bonchev–Trinajstić information content (AvgIpc) is 2.68. The minimum Gasteiger partial charge on any atom is -0.471 e. The maximum Gasteiger partial charge on any atom is 0.416 e. The SMILES string of the molecule is N#Cc1nccnc1OC1CCCN(S(=O)(=O)Cc2ccc(C(F)(F)F)cc2)C1. The highest BCUT2D eigenvalue weighted by Crippen LogP contribution is 2.29. The van der Waals surface area contributed by atoms with Crippen LogP contribution in [0.3, 0.4) is 0 Å². The van der Waals surface area contributed by atoms with Crippen molar-refractivity contribution in [2.45, 2.75) is 30.9 Å². The minimum atomic E-state index is -4.47. The second-order valence-corrected chi connectivity index (χ2v) is 8.48. The summed E-state index contributed by atoms with van der Waals surface area (Å²) in [6.07, 6.45) is -1.13. The van der Waals surface area contributed by atoms with Crippen molar-refractivity contribution < 1.29 is 26.3 Å². The minimum absolute atomic E-state index is 0.0113. The molecular formula is C18H17F3N4O3S. The molecule has 1 aromatic heterocycles. The summed E-state index contributed by atoms with van der Waals surface area (Å²) < 4.78 is 70.3. The summed E-state index contributed by atoms with van der Waals surface area (Å²) in [6, 6.07) is 5.92. The molecule has 1 aliphatic heterocycles. The normalized spacial score (nSPS) is 18.2. The summed E-state index contributed by atoms with van der Waals surface area (Å²) in [5.74, 6) is -0.367. The monoisotopic (exact) mass is 426 g/mol. The van der Waals surface area contributed by atoms with Crippen LogP contribution in [0.1, 0.15) is 29.7 Å². The summed E-state index contributed by atoms with van der Waals surface area (Å²) in [5, 5.41) is 9.05. The maximum atomic E-state index is 12.7. The first kappa shape index (κ1) is 21.0. The highest BCUT2D eigenvalue weighted by molar-refractivity contribution is 7.88. The number of aromatic nitrogens is 2. The van der Waals surface area contributed by atoms with Crippen LogP contribution in [-0.2, 0) is 22.0 Å². The number of nitriles is 1. The molecule has 0 radical (unpaired) electrons. The van der Waals surface area contributed by atoms with E-state index in [2.05, 4.69) is 9.97 Å². The first-order valence-electron chi connectivity index (χ1n) is 8.71. The third-order valence-corrected chi connectivity index (χ3v) is 6.23. The van der Waals surface area contributed by atoms with Crippen LogP contribution in [0, 0.1) is 11.3 Å². The number of hydrogen-bond acceptors (Lipinski definition) is 6. The van der Waals surface area contributed by atoms with E-state index in [-0.39, 0.29) is 30.2 Å². The molecule has 1 unspecified atom stereocenters. The zero-order valence-corrected chi connectivity index (χ0v) is 15.9. The van der Waals surface area contributed by atoms with Crippen LogP contribution in [0.5, 0.6) is 5.88 Å². The molecule has 1 saturated heterocycles. The summed E-state index contributed by atoms with van der Waals surface area (Å²) in [7, 11) is -3.75. The number of nitrogens with zero attached hydrogens (tertiary/aromatic N) is 4. The highest BCUT2D eigenvalue weighted by Gasteiger charge is 2.32. The fraction of sp³-hybridized carbons (Fsp3) is 0.389. The van der Waals surface area contributed by atoms with Crippen molar-refractivity contribution in [3.63, 3.8) is 0 Å². The topological polar surface area (TPSA) is 96.2 Å². The van der Waals surface area contributed by atoms with Gasteiger partial charge in [0, 0.05) is 18.9 Å². The molecule has 29 heavy (non-hydrogen) atoms. The molecule has 0 amide bonds.